The number of aryl methyl sites for hydroxylation is 1. The summed E-state index contributed by atoms with van der Waals surface area (Å²) >= 11 is 7.60. The van der Waals surface area contributed by atoms with Gasteiger partial charge in [0.15, 0.2) is 0 Å². The number of amides is 2. The Morgan fingerprint density at radius 3 is 2.71 bits per heavy atom. The van der Waals surface area contributed by atoms with Crippen LogP contribution in [0.3, 0.4) is 0 Å². The molecular weight excluding hydrogens is 308 g/mol. The number of anilines is 2. The molecule has 1 aromatic heterocycles. The van der Waals surface area contributed by atoms with Gasteiger partial charge in [0.25, 0.3) is 0 Å². The standard InChI is InChI=1S/C15H15ClN2O2S/c1-10(19)17-14-8-12(3-4-13(14)16)18-15(20)5-2-11-6-7-21-9-11/h3-4,6-9H,2,5H2,1H3,(H,17,19)(H,18,20). The molecule has 0 aliphatic rings. The van der Waals surface area contributed by atoms with E-state index in [-0.39, 0.29) is 11.8 Å². The van der Waals surface area contributed by atoms with Crippen LogP contribution in [-0.2, 0) is 16.0 Å². The van der Waals surface area contributed by atoms with E-state index in [1.54, 1.807) is 29.5 Å². The summed E-state index contributed by atoms with van der Waals surface area (Å²) in [6.07, 6.45) is 1.12. The first kappa shape index (κ1) is 15.5. The zero-order chi connectivity index (χ0) is 15.2. The third-order valence-electron chi connectivity index (χ3n) is 2.78. The first-order valence-corrected chi connectivity index (χ1v) is 7.75. The van der Waals surface area contributed by atoms with Crippen molar-refractivity contribution in [1.29, 1.82) is 0 Å². The van der Waals surface area contributed by atoms with Crippen LogP contribution in [0.1, 0.15) is 18.9 Å². The highest BCUT2D eigenvalue weighted by Gasteiger charge is 2.07. The second-order valence-electron chi connectivity index (χ2n) is 4.56. The summed E-state index contributed by atoms with van der Waals surface area (Å²) in [5, 5.41) is 9.88. The lowest BCUT2D eigenvalue weighted by atomic mass is 10.2. The SMILES string of the molecule is CC(=O)Nc1cc(NC(=O)CCc2ccsc2)ccc1Cl. The lowest BCUT2D eigenvalue weighted by Gasteiger charge is -2.09. The Morgan fingerprint density at radius 1 is 1.24 bits per heavy atom. The van der Waals surface area contributed by atoms with Gasteiger partial charge in [-0.25, -0.2) is 0 Å². The van der Waals surface area contributed by atoms with Gasteiger partial charge >= 0.3 is 0 Å². The van der Waals surface area contributed by atoms with Crippen molar-refractivity contribution in [3.63, 3.8) is 0 Å². The summed E-state index contributed by atoms with van der Waals surface area (Å²) in [5.74, 6) is -0.282. The average Bonchev–Trinajstić information content (AvgIpc) is 2.93. The summed E-state index contributed by atoms with van der Waals surface area (Å²) in [6, 6.07) is 7.00. The molecule has 1 aromatic carbocycles. The van der Waals surface area contributed by atoms with Crippen LogP contribution in [0.25, 0.3) is 0 Å². The van der Waals surface area contributed by atoms with Crippen molar-refractivity contribution < 1.29 is 9.59 Å². The molecule has 0 aliphatic heterocycles. The quantitative estimate of drug-likeness (QED) is 0.876. The van der Waals surface area contributed by atoms with E-state index < -0.39 is 0 Å². The van der Waals surface area contributed by atoms with E-state index in [9.17, 15) is 9.59 Å². The Kier molecular flexibility index (Phi) is 5.36. The molecule has 1 heterocycles. The molecular formula is C15H15ClN2O2S. The molecule has 0 bridgehead atoms. The van der Waals surface area contributed by atoms with Crippen LogP contribution in [0.2, 0.25) is 5.02 Å². The van der Waals surface area contributed by atoms with Crippen LogP contribution in [0.4, 0.5) is 11.4 Å². The molecule has 0 saturated carbocycles. The smallest absolute Gasteiger partial charge is 0.224 e. The molecule has 21 heavy (non-hydrogen) atoms. The van der Waals surface area contributed by atoms with Crippen molar-refractivity contribution in [3.05, 3.63) is 45.6 Å². The van der Waals surface area contributed by atoms with Crippen LogP contribution >= 0.6 is 22.9 Å². The van der Waals surface area contributed by atoms with Crippen molar-refractivity contribution in [3.8, 4) is 0 Å². The van der Waals surface area contributed by atoms with Crippen molar-refractivity contribution >= 4 is 46.1 Å². The maximum Gasteiger partial charge on any atom is 0.224 e. The summed E-state index contributed by atoms with van der Waals surface area (Å²) < 4.78 is 0. The highest BCUT2D eigenvalue weighted by molar-refractivity contribution is 7.07. The highest BCUT2D eigenvalue weighted by Crippen LogP contribution is 2.25. The van der Waals surface area contributed by atoms with Gasteiger partial charge in [-0.1, -0.05) is 11.6 Å². The van der Waals surface area contributed by atoms with Gasteiger partial charge in [0, 0.05) is 19.0 Å². The number of nitrogens with one attached hydrogen (secondary N) is 2. The zero-order valence-electron chi connectivity index (χ0n) is 11.5. The highest BCUT2D eigenvalue weighted by atomic mass is 35.5. The van der Waals surface area contributed by atoms with Gasteiger partial charge in [-0.15, -0.1) is 0 Å². The summed E-state index contributed by atoms with van der Waals surface area (Å²) in [7, 11) is 0. The molecule has 0 radical (unpaired) electrons. The Morgan fingerprint density at radius 2 is 2.05 bits per heavy atom. The lowest BCUT2D eigenvalue weighted by Crippen LogP contribution is -2.13. The second kappa shape index (κ2) is 7.24. The molecule has 2 rings (SSSR count). The Hall–Kier alpha value is -1.85. The molecule has 0 saturated heterocycles. The minimum atomic E-state index is -0.210. The molecule has 4 nitrogen and oxygen atoms in total. The van der Waals surface area contributed by atoms with Crippen LogP contribution in [0.5, 0.6) is 0 Å². The topological polar surface area (TPSA) is 58.2 Å². The van der Waals surface area contributed by atoms with Crippen LogP contribution in [0.15, 0.2) is 35.0 Å². The van der Waals surface area contributed by atoms with E-state index in [0.717, 1.165) is 5.56 Å². The van der Waals surface area contributed by atoms with Gasteiger partial charge < -0.3 is 10.6 Å². The average molecular weight is 323 g/mol. The molecule has 2 N–H and O–H groups in total. The number of carbonyl (C=O) groups excluding carboxylic acids is 2. The van der Waals surface area contributed by atoms with Gasteiger partial charge in [-0.3, -0.25) is 9.59 Å². The van der Waals surface area contributed by atoms with E-state index in [2.05, 4.69) is 10.6 Å². The van der Waals surface area contributed by atoms with E-state index in [1.807, 2.05) is 16.8 Å². The number of benzene rings is 1. The van der Waals surface area contributed by atoms with Crippen molar-refractivity contribution in [2.75, 3.05) is 10.6 Å². The molecule has 0 spiro atoms. The summed E-state index contributed by atoms with van der Waals surface area (Å²) in [5.41, 5.74) is 2.25. The number of carbonyl (C=O) groups is 2. The van der Waals surface area contributed by atoms with Gasteiger partial charge in [0.2, 0.25) is 11.8 Å². The predicted octanol–water partition coefficient (Wildman–Crippen LogP) is 3.93. The number of halogens is 1. The van der Waals surface area contributed by atoms with Crippen molar-refractivity contribution in [2.45, 2.75) is 19.8 Å². The van der Waals surface area contributed by atoms with Crippen LogP contribution in [0, 0.1) is 0 Å². The fourth-order valence-corrected chi connectivity index (χ4v) is 2.67. The van der Waals surface area contributed by atoms with E-state index in [0.29, 0.717) is 29.2 Å². The molecule has 6 heteroatoms. The molecule has 0 aliphatic carbocycles. The first-order chi connectivity index (χ1) is 10.0. The Labute approximate surface area is 132 Å². The zero-order valence-corrected chi connectivity index (χ0v) is 13.1. The number of hydrogen-bond donors (Lipinski definition) is 2. The Balaban J connectivity index is 1.95. The molecule has 2 aromatic rings. The van der Waals surface area contributed by atoms with Gasteiger partial charge in [0.05, 0.1) is 10.7 Å². The minimum Gasteiger partial charge on any atom is -0.326 e. The lowest BCUT2D eigenvalue weighted by molar-refractivity contribution is -0.116. The molecule has 110 valence electrons. The van der Waals surface area contributed by atoms with Gasteiger partial charge in [-0.2, -0.15) is 11.3 Å². The third kappa shape index (κ3) is 4.88. The number of thiophene rings is 1. The van der Waals surface area contributed by atoms with Crippen molar-refractivity contribution in [1.82, 2.24) is 0 Å². The Bertz CT molecular complexity index is 641. The number of hydrogen-bond acceptors (Lipinski definition) is 3. The largest absolute Gasteiger partial charge is 0.326 e. The molecule has 2 amide bonds. The van der Waals surface area contributed by atoms with E-state index in [1.165, 1.54) is 6.92 Å². The van der Waals surface area contributed by atoms with Gasteiger partial charge in [0.1, 0.15) is 0 Å². The fourth-order valence-electron chi connectivity index (χ4n) is 1.80. The molecule has 0 unspecified atom stereocenters. The normalized spacial score (nSPS) is 10.2. The predicted molar refractivity (Wildman–Crippen MR) is 87.0 cm³/mol. The van der Waals surface area contributed by atoms with Gasteiger partial charge in [-0.05, 0) is 47.0 Å². The fraction of sp³-hybridized carbons (Fsp3) is 0.200. The monoisotopic (exact) mass is 322 g/mol. The maximum atomic E-state index is 11.9. The second-order valence-corrected chi connectivity index (χ2v) is 5.74. The van der Waals surface area contributed by atoms with E-state index in [4.69, 9.17) is 11.6 Å². The molecule has 0 atom stereocenters. The maximum absolute atomic E-state index is 11.9. The third-order valence-corrected chi connectivity index (χ3v) is 3.84. The summed E-state index contributed by atoms with van der Waals surface area (Å²) in [6.45, 7) is 1.41. The van der Waals surface area contributed by atoms with Crippen LogP contribution in [-0.4, -0.2) is 11.8 Å². The van der Waals surface area contributed by atoms with Crippen LogP contribution < -0.4 is 10.6 Å². The van der Waals surface area contributed by atoms with Crippen molar-refractivity contribution in [2.24, 2.45) is 0 Å². The number of rotatable bonds is 5. The molecule has 0 fully saturated rings. The van der Waals surface area contributed by atoms with E-state index >= 15 is 0 Å². The summed E-state index contributed by atoms with van der Waals surface area (Å²) in [4.78, 5) is 23.0. The first-order valence-electron chi connectivity index (χ1n) is 6.42. The minimum absolute atomic E-state index is 0.0719.